The Hall–Kier alpha value is -1.34. The molecule has 1 atom stereocenters. The maximum Gasteiger partial charge on any atom is 0.433 e. The molecule has 2 aromatic rings. The van der Waals surface area contributed by atoms with Crippen molar-refractivity contribution in [2.75, 3.05) is 0 Å². The summed E-state index contributed by atoms with van der Waals surface area (Å²) in [7, 11) is 1.30. The Labute approximate surface area is 119 Å². The summed E-state index contributed by atoms with van der Waals surface area (Å²) in [6.07, 6.45) is -2.78. The SMILES string of the molecule is CCC(N)Cc1ccc(-c2cc(C(F)(F)F)n(C)n2)s1. The highest BCUT2D eigenvalue weighted by atomic mass is 32.1. The summed E-state index contributed by atoms with van der Waals surface area (Å²) in [5.74, 6) is 0. The smallest absolute Gasteiger partial charge is 0.327 e. The van der Waals surface area contributed by atoms with Crippen molar-refractivity contribution >= 4 is 11.3 Å². The van der Waals surface area contributed by atoms with Gasteiger partial charge in [0.25, 0.3) is 0 Å². The van der Waals surface area contributed by atoms with Crippen LogP contribution in [0.4, 0.5) is 13.2 Å². The number of halogens is 3. The van der Waals surface area contributed by atoms with Gasteiger partial charge in [0.2, 0.25) is 0 Å². The third-order valence-corrected chi connectivity index (χ3v) is 4.20. The average molecular weight is 303 g/mol. The quantitative estimate of drug-likeness (QED) is 0.940. The predicted octanol–water partition coefficient (Wildman–Crippen LogP) is 3.45. The molecule has 0 saturated carbocycles. The van der Waals surface area contributed by atoms with Gasteiger partial charge in [-0.15, -0.1) is 11.3 Å². The van der Waals surface area contributed by atoms with E-state index in [1.54, 1.807) is 6.07 Å². The summed E-state index contributed by atoms with van der Waals surface area (Å²) in [5.41, 5.74) is 5.48. The molecule has 0 radical (unpaired) electrons. The van der Waals surface area contributed by atoms with E-state index in [0.717, 1.165) is 33.3 Å². The zero-order chi connectivity index (χ0) is 14.9. The van der Waals surface area contributed by atoms with E-state index in [1.807, 2.05) is 13.0 Å². The molecule has 3 nitrogen and oxygen atoms in total. The molecule has 2 rings (SSSR count). The predicted molar refractivity (Wildman–Crippen MR) is 73.5 cm³/mol. The number of aryl methyl sites for hydroxylation is 1. The lowest BCUT2D eigenvalue weighted by molar-refractivity contribution is -0.143. The highest BCUT2D eigenvalue weighted by Crippen LogP contribution is 2.34. The molecule has 0 aliphatic heterocycles. The van der Waals surface area contributed by atoms with Gasteiger partial charge < -0.3 is 5.73 Å². The van der Waals surface area contributed by atoms with E-state index in [2.05, 4.69) is 5.10 Å². The fourth-order valence-corrected chi connectivity index (χ4v) is 2.94. The van der Waals surface area contributed by atoms with E-state index in [9.17, 15) is 13.2 Å². The second-order valence-electron chi connectivity index (χ2n) is 4.67. The first-order valence-electron chi connectivity index (χ1n) is 6.27. The van der Waals surface area contributed by atoms with Crippen LogP contribution in [-0.4, -0.2) is 15.8 Å². The molecule has 0 fully saturated rings. The van der Waals surface area contributed by atoms with E-state index in [0.29, 0.717) is 5.69 Å². The Morgan fingerprint density at radius 1 is 1.40 bits per heavy atom. The van der Waals surface area contributed by atoms with Gasteiger partial charge in [0.1, 0.15) is 11.4 Å². The molecule has 20 heavy (non-hydrogen) atoms. The van der Waals surface area contributed by atoms with Crippen molar-refractivity contribution in [2.45, 2.75) is 32.0 Å². The lowest BCUT2D eigenvalue weighted by Gasteiger charge is -2.04. The van der Waals surface area contributed by atoms with E-state index < -0.39 is 11.9 Å². The van der Waals surface area contributed by atoms with Crippen molar-refractivity contribution in [3.05, 3.63) is 28.8 Å². The minimum absolute atomic E-state index is 0.0796. The van der Waals surface area contributed by atoms with Crippen LogP contribution < -0.4 is 5.73 Å². The van der Waals surface area contributed by atoms with Gasteiger partial charge in [0.15, 0.2) is 0 Å². The van der Waals surface area contributed by atoms with Crippen LogP contribution in [0.3, 0.4) is 0 Å². The molecule has 7 heteroatoms. The summed E-state index contributed by atoms with van der Waals surface area (Å²) in [6.45, 7) is 2.01. The largest absolute Gasteiger partial charge is 0.433 e. The molecule has 1 unspecified atom stereocenters. The van der Waals surface area contributed by atoms with Crippen molar-refractivity contribution in [3.63, 3.8) is 0 Å². The lowest BCUT2D eigenvalue weighted by atomic mass is 10.1. The Balaban J connectivity index is 2.25. The fraction of sp³-hybridized carbons (Fsp3) is 0.462. The summed E-state index contributed by atoms with van der Waals surface area (Å²) < 4.78 is 39.0. The molecule has 2 heterocycles. The number of nitrogens with zero attached hydrogens (tertiary/aromatic N) is 2. The molecule has 0 aliphatic carbocycles. The van der Waals surface area contributed by atoms with Gasteiger partial charge in [-0.1, -0.05) is 6.92 Å². The Bertz CT molecular complexity index is 586. The molecule has 110 valence electrons. The maximum absolute atomic E-state index is 12.7. The number of nitrogens with two attached hydrogens (primary N) is 1. The van der Waals surface area contributed by atoms with Crippen LogP contribution in [0.1, 0.15) is 23.9 Å². The summed E-state index contributed by atoms with van der Waals surface area (Å²) in [5, 5.41) is 3.94. The zero-order valence-electron chi connectivity index (χ0n) is 11.2. The van der Waals surface area contributed by atoms with Gasteiger partial charge in [0.05, 0.1) is 4.88 Å². The molecular weight excluding hydrogens is 287 g/mol. The van der Waals surface area contributed by atoms with Crippen LogP contribution >= 0.6 is 11.3 Å². The average Bonchev–Trinajstić information content (AvgIpc) is 2.94. The van der Waals surface area contributed by atoms with E-state index in [4.69, 9.17) is 5.73 Å². The summed E-state index contributed by atoms with van der Waals surface area (Å²) in [6, 6.07) is 4.86. The molecule has 0 spiro atoms. The highest BCUT2D eigenvalue weighted by Gasteiger charge is 2.35. The van der Waals surface area contributed by atoms with Gasteiger partial charge >= 0.3 is 6.18 Å². The second-order valence-corrected chi connectivity index (χ2v) is 5.84. The topological polar surface area (TPSA) is 43.8 Å². The number of rotatable bonds is 4. The van der Waals surface area contributed by atoms with Crippen LogP contribution in [0.5, 0.6) is 0 Å². The molecule has 0 aliphatic rings. The van der Waals surface area contributed by atoms with Crippen molar-refractivity contribution in [1.82, 2.24) is 9.78 Å². The Morgan fingerprint density at radius 3 is 2.65 bits per heavy atom. The Morgan fingerprint density at radius 2 is 2.10 bits per heavy atom. The second kappa shape index (κ2) is 5.57. The standard InChI is InChI=1S/C13H16F3N3S/c1-3-8(17)6-9-4-5-11(20-9)10-7-12(13(14,15)16)19(2)18-10/h4-5,7-8H,3,6,17H2,1-2H3. The van der Waals surface area contributed by atoms with Gasteiger partial charge in [-0.25, -0.2) is 0 Å². The minimum Gasteiger partial charge on any atom is -0.327 e. The van der Waals surface area contributed by atoms with Crippen molar-refractivity contribution in [3.8, 4) is 10.6 Å². The number of alkyl halides is 3. The van der Waals surface area contributed by atoms with Crippen LogP contribution in [0.25, 0.3) is 10.6 Å². The van der Waals surface area contributed by atoms with Gasteiger partial charge in [0, 0.05) is 18.0 Å². The zero-order valence-corrected chi connectivity index (χ0v) is 12.1. The molecule has 2 N–H and O–H groups in total. The van der Waals surface area contributed by atoms with E-state index in [-0.39, 0.29) is 6.04 Å². The summed E-state index contributed by atoms with van der Waals surface area (Å²) in [4.78, 5) is 1.79. The first kappa shape index (κ1) is 15.1. The highest BCUT2D eigenvalue weighted by molar-refractivity contribution is 7.15. The number of thiophene rings is 1. The third kappa shape index (κ3) is 3.21. The molecule has 0 aromatic carbocycles. The van der Waals surface area contributed by atoms with Gasteiger partial charge in [-0.2, -0.15) is 18.3 Å². The van der Waals surface area contributed by atoms with E-state index in [1.165, 1.54) is 18.4 Å². The van der Waals surface area contributed by atoms with Crippen molar-refractivity contribution in [2.24, 2.45) is 12.8 Å². The van der Waals surface area contributed by atoms with E-state index >= 15 is 0 Å². The van der Waals surface area contributed by atoms with Crippen LogP contribution in [0, 0.1) is 0 Å². The van der Waals surface area contributed by atoms with Crippen LogP contribution in [0.15, 0.2) is 18.2 Å². The number of hydrogen-bond donors (Lipinski definition) is 1. The first-order valence-corrected chi connectivity index (χ1v) is 7.08. The Kier molecular flexibility index (Phi) is 4.19. The fourth-order valence-electron chi connectivity index (χ4n) is 1.88. The molecule has 0 saturated heterocycles. The molecular formula is C13H16F3N3S. The number of aromatic nitrogens is 2. The first-order chi connectivity index (χ1) is 9.31. The van der Waals surface area contributed by atoms with Crippen LogP contribution in [0.2, 0.25) is 0 Å². The van der Waals surface area contributed by atoms with Crippen molar-refractivity contribution < 1.29 is 13.2 Å². The molecule has 0 amide bonds. The minimum atomic E-state index is -4.38. The molecule has 2 aromatic heterocycles. The molecule has 0 bridgehead atoms. The third-order valence-electron chi connectivity index (χ3n) is 3.07. The van der Waals surface area contributed by atoms with Crippen LogP contribution in [-0.2, 0) is 19.6 Å². The van der Waals surface area contributed by atoms with Gasteiger partial charge in [-0.3, -0.25) is 4.68 Å². The summed E-state index contributed by atoms with van der Waals surface area (Å²) >= 11 is 1.44. The monoisotopic (exact) mass is 303 g/mol. The maximum atomic E-state index is 12.7. The van der Waals surface area contributed by atoms with Crippen molar-refractivity contribution in [1.29, 1.82) is 0 Å². The van der Waals surface area contributed by atoms with Gasteiger partial charge in [-0.05, 0) is 31.0 Å². The lowest BCUT2D eigenvalue weighted by Crippen LogP contribution is -2.20. The number of hydrogen-bond acceptors (Lipinski definition) is 3. The normalized spacial score (nSPS) is 13.7.